The number of rotatable bonds is 5. The highest BCUT2D eigenvalue weighted by molar-refractivity contribution is 7.90. The van der Waals surface area contributed by atoms with Crippen molar-refractivity contribution in [1.82, 2.24) is 5.32 Å². The fraction of sp³-hybridized carbons (Fsp3) is 1.00. The van der Waals surface area contributed by atoms with Crippen molar-refractivity contribution in [3.05, 3.63) is 0 Å². The minimum absolute atomic E-state index is 0.294. The highest BCUT2D eigenvalue weighted by Crippen LogP contribution is 2.24. The zero-order chi connectivity index (χ0) is 12.2. The van der Waals surface area contributed by atoms with Gasteiger partial charge in [0.1, 0.15) is 9.84 Å². The van der Waals surface area contributed by atoms with Crippen molar-refractivity contribution >= 4 is 9.84 Å². The van der Waals surface area contributed by atoms with E-state index in [9.17, 15) is 8.42 Å². The molecule has 1 rings (SSSR count). The first-order valence-electron chi connectivity index (χ1n) is 6.32. The second kappa shape index (κ2) is 6.01. The topological polar surface area (TPSA) is 46.2 Å². The predicted octanol–water partition coefficient (Wildman–Crippen LogP) is 1.98. The van der Waals surface area contributed by atoms with Gasteiger partial charge in [0, 0.05) is 18.3 Å². The molecule has 0 spiro atoms. The Balaban J connectivity index is 2.30. The molecule has 0 aromatic heterocycles. The first kappa shape index (κ1) is 14.0. The van der Waals surface area contributed by atoms with Crippen LogP contribution in [-0.2, 0) is 9.84 Å². The van der Waals surface area contributed by atoms with E-state index < -0.39 is 9.84 Å². The maximum Gasteiger partial charge on any atom is 0.147 e. The number of hydrogen-bond acceptors (Lipinski definition) is 3. The molecule has 3 atom stereocenters. The van der Waals surface area contributed by atoms with Crippen LogP contribution in [0, 0.1) is 5.92 Å². The van der Waals surface area contributed by atoms with Crippen LogP contribution >= 0.6 is 0 Å². The van der Waals surface area contributed by atoms with Gasteiger partial charge in [0.05, 0.1) is 5.75 Å². The van der Waals surface area contributed by atoms with E-state index in [-0.39, 0.29) is 0 Å². The van der Waals surface area contributed by atoms with Gasteiger partial charge in [-0.05, 0) is 32.1 Å². The lowest BCUT2D eigenvalue weighted by molar-refractivity contribution is 0.260. The van der Waals surface area contributed by atoms with Gasteiger partial charge in [-0.2, -0.15) is 0 Å². The van der Waals surface area contributed by atoms with E-state index in [2.05, 4.69) is 19.2 Å². The third kappa shape index (κ3) is 5.30. The number of nitrogens with one attached hydrogen (secondary N) is 1. The Kier molecular flexibility index (Phi) is 5.25. The first-order chi connectivity index (χ1) is 7.38. The molecular formula is C12H25NO2S. The van der Waals surface area contributed by atoms with Gasteiger partial charge in [-0.1, -0.05) is 19.8 Å². The zero-order valence-electron chi connectivity index (χ0n) is 10.7. The Bertz CT molecular complexity index is 300. The van der Waals surface area contributed by atoms with Gasteiger partial charge in [0.2, 0.25) is 0 Å². The Hall–Kier alpha value is -0.0900. The van der Waals surface area contributed by atoms with Crippen LogP contribution < -0.4 is 5.32 Å². The van der Waals surface area contributed by atoms with Crippen molar-refractivity contribution in [3.8, 4) is 0 Å². The number of sulfone groups is 1. The molecule has 1 saturated carbocycles. The molecule has 1 fully saturated rings. The normalized spacial score (nSPS) is 28.9. The van der Waals surface area contributed by atoms with Crippen LogP contribution in [0.25, 0.3) is 0 Å². The molecule has 0 aromatic carbocycles. The molecule has 1 N–H and O–H groups in total. The quantitative estimate of drug-likeness (QED) is 0.808. The average Bonchev–Trinajstić information content (AvgIpc) is 2.18. The molecule has 1 aliphatic rings. The molecule has 3 nitrogen and oxygen atoms in total. The summed E-state index contributed by atoms with van der Waals surface area (Å²) in [5, 5.41) is 3.58. The summed E-state index contributed by atoms with van der Waals surface area (Å²) in [5.41, 5.74) is 0. The highest BCUT2D eigenvalue weighted by Gasteiger charge is 2.22. The molecule has 0 saturated heterocycles. The van der Waals surface area contributed by atoms with Gasteiger partial charge in [-0.15, -0.1) is 0 Å². The van der Waals surface area contributed by atoms with Gasteiger partial charge < -0.3 is 5.32 Å². The van der Waals surface area contributed by atoms with E-state index in [1.54, 1.807) is 0 Å². The van der Waals surface area contributed by atoms with Crippen LogP contribution in [0.2, 0.25) is 0 Å². The summed E-state index contributed by atoms with van der Waals surface area (Å²) in [6.07, 6.45) is 7.23. The third-order valence-corrected chi connectivity index (χ3v) is 4.51. The van der Waals surface area contributed by atoms with Crippen molar-refractivity contribution in [2.75, 3.05) is 12.0 Å². The molecule has 1 aliphatic carbocycles. The van der Waals surface area contributed by atoms with Gasteiger partial charge in [-0.3, -0.25) is 0 Å². The van der Waals surface area contributed by atoms with Crippen molar-refractivity contribution < 1.29 is 8.42 Å². The van der Waals surface area contributed by atoms with Crippen molar-refractivity contribution in [3.63, 3.8) is 0 Å². The largest absolute Gasteiger partial charge is 0.311 e. The third-order valence-electron chi connectivity index (χ3n) is 3.53. The van der Waals surface area contributed by atoms with E-state index >= 15 is 0 Å². The fourth-order valence-electron chi connectivity index (χ4n) is 2.40. The molecular weight excluding hydrogens is 222 g/mol. The monoisotopic (exact) mass is 247 g/mol. The fourth-order valence-corrected chi connectivity index (χ4v) is 3.19. The minimum atomic E-state index is -2.81. The Morgan fingerprint density at radius 1 is 1.31 bits per heavy atom. The van der Waals surface area contributed by atoms with Gasteiger partial charge in [0.15, 0.2) is 0 Å². The van der Waals surface area contributed by atoms with Crippen LogP contribution in [0.1, 0.15) is 46.0 Å². The zero-order valence-corrected chi connectivity index (χ0v) is 11.5. The summed E-state index contributed by atoms with van der Waals surface area (Å²) in [6.45, 7) is 4.38. The molecule has 0 aliphatic heterocycles. The van der Waals surface area contributed by atoms with Crippen molar-refractivity contribution in [2.45, 2.75) is 58.0 Å². The number of hydrogen-bond donors (Lipinski definition) is 1. The average molecular weight is 247 g/mol. The van der Waals surface area contributed by atoms with Crippen LogP contribution in [-0.4, -0.2) is 32.5 Å². The lowest BCUT2D eigenvalue weighted by Gasteiger charge is -2.32. The SMILES string of the molecule is CC(CCS(C)(=O)=O)NC1CCCCC1C. The molecule has 0 amide bonds. The predicted molar refractivity (Wildman–Crippen MR) is 68.3 cm³/mol. The smallest absolute Gasteiger partial charge is 0.147 e. The minimum Gasteiger partial charge on any atom is -0.311 e. The Labute approximate surface area is 99.9 Å². The molecule has 0 aromatic rings. The lowest BCUT2D eigenvalue weighted by Crippen LogP contribution is -2.42. The van der Waals surface area contributed by atoms with E-state index in [0.717, 1.165) is 12.3 Å². The van der Waals surface area contributed by atoms with Crippen LogP contribution in [0.4, 0.5) is 0 Å². The van der Waals surface area contributed by atoms with Crippen LogP contribution in [0.15, 0.2) is 0 Å². The summed E-state index contributed by atoms with van der Waals surface area (Å²) >= 11 is 0. The van der Waals surface area contributed by atoms with Crippen molar-refractivity contribution in [1.29, 1.82) is 0 Å². The van der Waals surface area contributed by atoms with Gasteiger partial charge in [-0.25, -0.2) is 8.42 Å². The second-order valence-corrected chi connectivity index (χ2v) is 7.61. The van der Waals surface area contributed by atoms with Crippen LogP contribution in [0.5, 0.6) is 0 Å². The summed E-state index contributed by atoms with van der Waals surface area (Å²) in [6, 6.07) is 0.892. The maximum atomic E-state index is 11.1. The van der Waals surface area contributed by atoms with E-state index in [4.69, 9.17) is 0 Å². The van der Waals surface area contributed by atoms with Gasteiger partial charge >= 0.3 is 0 Å². The summed E-state index contributed by atoms with van der Waals surface area (Å²) in [5.74, 6) is 1.02. The molecule has 0 radical (unpaired) electrons. The van der Waals surface area contributed by atoms with Crippen molar-refractivity contribution in [2.24, 2.45) is 5.92 Å². The molecule has 4 heteroatoms. The lowest BCUT2D eigenvalue weighted by atomic mass is 9.85. The Morgan fingerprint density at radius 2 is 1.94 bits per heavy atom. The van der Waals surface area contributed by atoms with E-state index in [0.29, 0.717) is 17.8 Å². The molecule has 0 heterocycles. The van der Waals surface area contributed by atoms with E-state index in [1.165, 1.54) is 31.9 Å². The summed E-state index contributed by atoms with van der Waals surface area (Å²) in [4.78, 5) is 0. The summed E-state index contributed by atoms with van der Waals surface area (Å²) < 4.78 is 22.1. The van der Waals surface area contributed by atoms with Gasteiger partial charge in [0.25, 0.3) is 0 Å². The molecule has 0 bridgehead atoms. The summed E-state index contributed by atoms with van der Waals surface area (Å²) in [7, 11) is -2.81. The Morgan fingerprint density at radius 3 is 2.50 bits per heavy atom. The van der Waals surface area contributed by atoms with E-state index in [1.807, 2.05) is 0 Å². The second-order valence-electron chi connectivity index (χ2n) is 5.35. The molecule has 16 heavy (non-hydrogen) atoms. The standard InChI is InChI=1S/C12H25NO2S/c1-10-6-4-5-7-12(10)13-11(2)8-9-16(3,14)15/h10-13H,4-9H2,1-3H3. The highest BCUT2D eigenvalue weighted by atomic mass is 32.2. The van der Waals surface area contributed by atoms with Crippen LogP contribution in [0.3, 0.4) is 0 Å². The maximum absolute atomic E-state index is 11.1. The molecule has 3 unspecified atom stereocenters. The first-order valence-corrected chi connectivity index (χ1v) is 8.38. The molecule has 96 valence electrons.